The van der Waals surface area contributed by atoms with E-state index in [1.807, 2.05) is 32.9 Å². The Hall–Kier alpha value is -0.930. The third-order valence-corrected chi connectivity index (χ3v) is 3.51. The van der Waals surface area contributed by atoms with E-state index >= 15 is 0 Å². The van der Waals surface area contributed by atoms with Crippen molar-refractivity contribution in [2.75, 3.05) is 13.2 Å². The van der Waals surface area contributed by atoms with E-state index in [-0.39, 0.29) is 0 Å². The lowest BCUT2D eigenvalue weighted by Crippen LogP contribution is -2.36. The molecule has 1 aromatic rings. The van der Waals surface area contributed by atoms with Crippen LogP contribution in [0, 0.1) is 0 Å². The van der Waals surface area contributed by atoms with Crippen LogP contribution in [0.4, 0.5) is 0 Å². The van der Waals surface area contributed by atoms with Crippen molar-refractivity contribution in [1.82, 2.24) is 0 Å². The van der Waals surface area contributed by atoms with Crippen LogP contribution in [-0.2, 0) is 18.6 Å². The maximum Gasteiger partial charge on any atom is 0.395 e. The van der Waals surface area contributed by atoms with Crippen molar-refractivity contribution >= 4 is 25.9 Å². The molecular formula is C15H20ClO4P. The lowest BCUT2D eigenvalue weighted by molar-refractivity contribution is -0.207. The second kappa shape index (κ2) is 8.50. The average Bonchev–Trinajstić information content (AvgIpc) is 2.45. The summed E-state index contributed by atoms with van der Waals surface area (Å²) in [6, 6.07) is 7.29. The topological polar surface area (TPSA) is 44.8 Å². The Morgan fingerprint density at radius 2 is 1.71 bits per heavy atom. The molecule has 1 aromatic carbocycles. The molecular weight excluding hydrogens is 311 g/mol. The van der Waals surface area contributed by atoms with Gasteiger partial charge in [-0.15, -0.1) is 0 Å². The van der Waals surface area contributed by atoms with E-state index in [1.165, 1.54) is 0 Å². The molecule has 0 aliphatic heterocycles. The average molecular weight is 331 g/mol. The van der Waals surface area contributed by atoms with Gasteiger partial charge in [0, 0.05) is 23.8 Å². The van der Waals surface area contributed by atoms with Crippen molar-refractivity contribution in [3.8, 4) is 0 Å². The van der Waals surface area contributed by atoms with E-state index in [1.54, 1.807) is 19.1 Å². The van der Waals surface area contributed by atoms with E-state index < -0.39 is 14.5 Å². The number of ether oxygens (including phenoxy) is 2. The van der Waals surface area contributed by atoms with Crippen molar-refractivity contribution in [3.63, 3.8) is 0 Å². The monoisotopic (exact) mass is 330 g/mol. The van der Waals surface area contributed by atoms with Gasteiger partial charge >= 0.3 is 8.69 Å². The van der Waals surface area contributed by atoms with Gasteiger partial charge in [0.05, 0.1) is 0 Å². The summed E-state index contributed by atoms with van der Waals surface area (Å²) in [6.07, 6.45) is 0. The van der Waals surface area contributed by atoms with E-state index in [2.05, 4.69) is 0 Å². The van der Waals surface area contributed by atoms with Crippen molar-refractivity contribution in [2.24, 2.45) is 0 Å². The van der Waals surface area contributed by atoms with Crippen molar-refractivity contribution in [3.05, 3.63) is 40.6 Å². The van der Waals surface area contributed by atoms with Gasteiger partial charge in [0.2, 0.25) is 5.79 Å². The molecule has 0 N–H and O–H groups in total. The molecule has 0 aliphatic carbocycles. The highest BCUT2D eigenvalue weighted by Gasteiger charge is 2.35. The minimum absolute atomic E-state index is 0.380. The lowest BCUT2D eigenvalue weighted by atomic mass is 10.0. The van der Waals surface area contributed by atoms with Crippen LogP contribution in [-0.4, -0.2) is 19.0 Å². The van der Waals surface area contributed by atoms with Crippen molar-refractivity contribution in [1.29, 1.82) is 0 Å². The molecule has 0 saturated carbocycles. The molecule has 1 rings (SSSR count). The largest absolute Gasteiger partial charge is 0.406 e. The second-order valence-electron chi connectivity index (χ2n) is 4.44. The molecule has 0 radical (unpaired) electrons. The molecule has 0 bridgehead atoms. The van der Waals surface area contributed by atoms with Crippen LogP contribution in [0.15, 0.2) is 30.0 Å². The van der Waals surface area contributed by atoms with Crippen molar-refractivity contribution < 1.29 is 18.6 Å². The van der Waals surface area contributed by atoms with Crippen LogP contribution < -0.4 is 0 Å². The Balaban J connectivity index is 3.32. The van der Waals surface area contributed by atoms with E-state index in [4.69, 9.17) is 25.6 Å². The fraction of sp³-hybridized carbons (Fsp3) is 0.467. The minimum Gasteiger partial charge on any atom is -0.406 e. The van der Waals surface area contributed by atoms with Gasteiger partial charge in [-0.05, 0) is 45.4 Å². The number of hydrogen-bond donors (Lipinski definition) is 0. The number of benzene rings is 1. The van der Waals surface area contributed by atoms with E-state index in [0.29, 0.717) is 24.0 Å². The van der Waals surface area contributed by atoms with Crippen molar-refractivity contribution in [2.45, 2.75) is 33.5 Å². The summed E-state index contributed by atoms with van der Waals surface area (Å²) < 4.78 is 27.6. The zero-order valence-electron chi connectivity index (χ0n) is 12.7. The van der Waals surface area contributed by atoms with E-state index in [9.17, 15) is 4.57 Å². The lowest BCUT2D eigenvalue weighted by Gasteiger charge is -2.31. The standard InChI is InChI=1S/C15H20ClO4P/c1-5-18-15(4,19-6-2)14(20-21-17)11(3)12-7-9-13(16)10-8-12/h7-10H,5-6H2,1-4H3. The third kappa shape index (κ3) is 4.79. The Bertz CT molecular complexity index is 493. The molecule has 21 heavy (non-hydrogen) atoms. The molecule has 116 valence electrons. The van der Waals surface area contributed by atoms with Crippen LogP contribution in [0.1, 0.15) is 33.3 Å². The SMILES string of the molecule is CCOC(C)(OCC)C(OP=O)=C(C)c1ccc(Cl)cc1. The van der Waals surface area contributed by atoms with Crippen LogP contribution in [0.5, 0.6) is 0 Å². The highest BCUT2D eigenvalue weighted by Crippen LogP contribution is 2.34. The first-order chi connectivity index (χ1) is 9.98. The Kier molecular flexibility index (Phi) is 7.33. The van der Waals surface area contributed by atoms with Gasteiger partial charge in [0.15, 0.2) is 5.76 Å². The third-order valence-electron chi connectivity index (χ3n) is 3.00. The Morgan fingerprint density at radius 1 is 1.19 bits per heavy atom. The number of allylic oxidation sites excluding steroid dienone is 1. The number of halogens is 1. The molecule has 0 unspecified atom stereocenters. The second-order valence-corrected chi connectivity index (χ2v) is 5.21. The molecule has 0 atom stereocenters. The normalized spacial score (nSPS) is 13.2. The van der Waals surface area contributed by atoms with Gasteiger partial charge in [-0.3, -0.25) is 0 Å². The first-order valence-corrected chi connectivity index (χ1v) is 7.84. The first kappa shape index (κ1) is 18.1. The highest BCUT2D eigenvalue weighted by atomic mass is 35.5. The van der Waals surface area contributed by atoms with Gasteiger partial charge < -0.3 is 14.0 Å². The summed E-state index contributed by atoms with van der Waals surface area (Å²) in [5, 5.41) is 0.647. The highest BCUT2D eigenvalue weighted by molar-refractivity contribution is 7.17. The quantitative estimate of drug-likeness (QED) is 0.378. The fourth-order valence-corrected chi connectivity index (χ4v) is 2.59. The maximum atomic E-state index is 11.0. The van der Waals surface area contributed by atoms with Gasteiger partial charge in [-0.25, -0.2) is 4.57 Å². The number of hydrogen-bond acceptors (Lipinski definition) is 4. The molecule has 0 aliphatic rings. The predicted molar refractivity (Wildman–Crippen MR) is 84.4 cm³/mol. The van der Waals surface area contributed by atoms with Gasteiger partial charge in [-0.2, -0.15) is 0 Å². The molecule has 0 fully saturated rings. The Labute approximate surface area is 132 Å². The maximum absolute atomic E-state index is 11.0. The summed E-state index contributed by atoms with van der Waals surface area (Å²) >= 11 is 5.90. The molecule has 4 nitrogen and oxygen atoms in total. The van der Waals surface area contributed by atoms with E-state index in [0.717, 1.165) is 11.1 Å². The molecule has 0 heterocycles. The summed E-state index contributed by atoms with van der Waals surface area (Å²) in [5.41, 5.74) is 1.67. The zero-order valence-corrected chi connectivity index (χ0v) is 14.3. The first-order valence-electron chi connectivity index (χ1n) is 6.73. The van der Waals surface area contributed by atoms with Crippen LogP contribution in [0.3, 0.4) is 0 Å². The Morgan fingerprint density at radius 3 is 2.14 bits per heavy atom. The summed E-state index contributed by atoms with van der Waals surface area (Å²) in [6.45, 7) is 8.21. The molecule has 0 amide bonds. The molecule has 6 heteroatoms. The number of rotatable bonds is 8. The molecule has 0 spiro atoms. The summed E-state index contributed by atoms with van der Waals surface area (Å²) in [7, 11) is -0.459. The summed E-state index contributed by atoms with van der Waals surface area (Å²) in [4.78, 5) is 0. The van der Waals surface area contributed by atoms with Crippen LogP contribution in [0.2, 0.25) is 5.02 Å². The summed E-state index contributed by atoms with van der Waals surface area (Å²) in [5.74, 6) is -0.713. The van der Waals surface area contributed by atoms with Crippen LogP contribution in [0.25, 0.3) is 5.57 Å². The zero-order chi connectivity index (χ0) is 15.9. The smallest absolute Gasteiger partial charge is 0.395 e. The van der Waals surface area contributed by atoms with Gasteiger partial charge in [0.25, 0.3) is 0 Å². The van der Waals surface area contributed by atoms with Gasteiger partial charge in [0.1, 0.15) is 0 Å². The predicted octanol–water partition coefficient (Wildman–Crippen LogP) is 5.08. The van der Waals surface area contributed by atoms with Gasteiger partial charge in [-0.1, -0.05) is 23.7 Å². The fourth-order valence-electron chi connectivity index (χ4n) is 2.08. The van der Waals surface area contributed by atoms with Crippen LogP contribution >= 0.6 is 20.3 Å². The minimum atomic E-state index is -1.09. The molecule has 0 aromatic heterocycles. The molecule has 0 saturated heterocycles.